The maximum absolute atomic E-state index is 12.2. The summed E-state index contributed by atoms with van der Waals surface area (Å²) in [6, 6.07) is 5.69. The Hall–Kier alpha value is -1.90. The minimum absolute atomic E-state index is 0.282. The Balaban J connectivity index is 2.86. The average molecular weight is 258 g/mol. The molecule has 0 heterocycles. The second-order valence-electron chi connectivity index (χ2n) is 3.89. The number of alkyl halides is 3. The van der Waals surface area contributed by atoms with Gasteiger partial charge < -0.3 is 10.1 Å². The molecule has 0 radical (unpaired) electrons. The van der Waals surface area contributed by atoms with E-state index in [4.69, 9.17) is 10.00 Å². The van der Waals surface area contributed by atoms with Crippen LogP contribution in [-0.4, -0.2) is 19.3 Å². The van der Waals surface area contributed by atoms with Gasteiger partial charge in [0.2, 0.25) is 0 Å². The first kappa shape index (κ1) is 14.2. The van der Waals surface area contributed by atoms with Crippen LogP contribution in [0.25, 0.3) is 0 Å². The van der Waals surface area contributed by atoms with Crippen LogP contribution in [0.1, 0.15) is 18.9 Å². The summed E-state index contributed by atoms with van der Waals surface area (Å²) in [7, 11) is 1.45. The average Bonchev–Trinajstić information content (AvgIpc) is 2.26. The van der Waals surface area contributed by atoms with Gasteiger partial charge in [-0.1, -0.05) is 0 Å². The molecule has 0 saturated carbocycles. The number of nitriles is 1. The monoisotopic (exact) mass is 258 g/mol. The van der Waals surface area contributed by atoms with Gasteiger partial charge in [0, 0.05) is 12.1 Å². The van der Waals surface area contributed by atoms with Crippen molar-refractivity contribution in [2.75, 3.05) is 12.4 Å². The Morgan fingerprint density at radius 3 is 2.61 bits per heavy atom. The largest absolute Gasteiger partial charge is 0.497 e. The van der Waals surface area contributed by atoms with Crippen LogP contribution in [0, 0.1) is 11.3 Å². The Morgan fingerprint density at radius 2 is 2.11 bits per heavy atom. The summed E-state index contributed by atoms with van der Waals surface area (Å²) in [4.78, 5) is 0. The van der Waals surface area contributed by atoms with Gasteiger partial charge in [-0.15, -0.1) is 0 Å². The van der Waals surface area contributed by atoms with Crippen LogP contribution >= 0.6 is 0 Å². The third-order valence-corrected chi connectivity index (χ3v) is 2.29. The number of nitrogens with one attached hydrogen (secondary N) is 1. The normalized spacial score (nSPS) is 12.7. The van der Waals surface area contributed by atoms with E-state index < -0.39 is 18.6 Å². The van der Waals surface area contributed by atoms with Crippen LogP contribution in [0.2, 0.25) is 0 Å². The molecule has 6 heteroatoms. The number of anilines is 1. The number of ether oxygens (including phenoxy) is 1. The summed E-state index contributed by atoms with van der Waals surface area (Å²) >= 11 is 0. The Morgan fingerprint density at radius 1 is 1.44 bits per heavy atom. The molecular weight excluding hydrogens is 245 g/mol. The Bertz CT molecular complexity index is 452. The van der Waals surface area contributed by atoms with Gasteiger partial charge in [0.05, 0.1) is 24.8 Å². The van der Waals surface area contributed by atoms with Gasteiger partial charge in [0.15, 0.2) is 0 Å². The molecule has 1 atom stereocenters. The molecule has 1 aromatic rings. The van der Waals surface area contributed by atoms with Crippen molar-refractivity contribution in [3.63, 3.8) is 0 Å². The minimum atomic E-state index is -4.24. The standard InChI is InChI=1S/C12H13F3N2O/c1-8(6-12(13,14)15)17-11-5-10(18-2)4-3-9(11)7-16/h3-5,8,17H,6H2,1-2H3. The van der Waals surface area contributed by atoms with E-state index in [1.807, 2.05) is 6.07 Å². The summed E-state index contributed by atoms with van der Waals surface area (Å²) in [6.07, 6.45) is -5.20. The van der Waals surface area contributed by atoms with E-state index in [2.05, 4.69) is 5.32 Å². The molecule has 18 heavy (non-hydrogen) atoms. The van der Waals surface area contributed by atoms with Crippen molar-refractivity contribution in [1.82, 2.24) is 0 Å². The fraction of sp³-hybridized carbons (Fsp3) is 0.417. The molecule has 3 nitrogen and oxygen atoms in total. The number of nitrogens with zero attached hydrogens (tertiary/aromatic N) is 1. The lowest BCUT2D eigenvalue weighted by Crippen LogP contribution is -2.24. The molecule has 0 aromatic heterocycles. The van der Waals surface area contributed by atoms with Crippen LogP contribution in [0.15, 0.2) is 18.2 Å². The van der Waals surface area contributed by atoms with Gasteiger partial charge in [0.25, 0.3) is 0 Å². The molecule has 1 rings (SSSR count). The van der Waals surface area contributed by atoms with E-state index >= 15 is 0 Å². The second kappa shape index (κ2) is 5.63. The zero-order valence-electron chi connectivity index (χ0n) is 10.0. The van der Waals surface area contributed by atoms with Crippen molar-refractivity contribution >= 4 is 5.69 Å². The maximum Gasteiger partial charge on any atom is 0.391 e. The van der Waals surface area contributed by atoms with Crippen molar-refractivity contribution in [3.8, 4) is 11.8 Å². The van der Waals surface area contributed by atoms with Crippen LogP contribution in [0.5, 0.6) is 5.75 Å². The third-order valence-electron chi connectivity index (χ3n) is 2.29. The zero-order valence-corrected chi connectivity index (χ0v) is 10.0. The maximum atomic E-state index is 12.2. The number of benzene rings is 1. The highest BCUT2D eigenvalue weighted by Crippen LogP contribution is 2.26. The van der Waals surface area contributed by atoms with Crippen molar-refractivity contribution in [2.24, 2.45) is 0 Å². The zero-order chi connectivity index (χ0) is 13.8. The number of rotatable bonds is 4. The van der Waals surface area contributed by atoms with E-state index in [0.717, 1.165) is 0 Å². The SMILES string of the molecule is COc1ccc(C#N)c(NC(C)CC(F)(F)F)c1. The van der Waals surface area contributed by atoms with E-state index in [9.17, 15) is 13.2 Å². The molecule has 0 amide bonds. The summed E-state index contributed by atoms with van der Waals surface area (Å²) in [5.41, 5.74) is 0.624. The van der Waals surface area contributed by atoms with Crippen molar-refractivity contribution < 1.29 is 17.9 Å². The molecule has 98 valence electrons. The summed E-state index contributed by atoms with van der Waals surface area (Å²) in [5.74, 6) is 0.482. The van der Waals surface area contributed by atoms with Gasteiger partial charge in [-0.3, -0.25) is 0 Å². The van der Waals surface area contributed by atoms with E-state index in [1.165, 1.54) is 26.2 Å². The molecule has 0 fully saturated rings. The quantitative estimate of drug-likeness (QED) is 0.901. The minimum Gasteiger partial charge on any atom is -0.497 e. The van der Waals surface area contributed by atoms with Crippen LogP contribution < -0.4 is 10.1 Å². The Labute approximate surface area is 103 Å². The van der Waals surface area contributed by atoms with Gasteiger partial charge in [-0.2, -0.15) is 18.4 Å². The molecule has 0 aliphatic heterocycles. The second-order valence-corrected chi connectivity index (χ2v) is 3.89. The lowest BCUT2D eigenvalue weighted by Gasteiger charge is -2.18. The highest BCUT2D eigenvalue weighted by molar-refractivity contribution is 5.60. The predicted molar refractivity (Wildman–Crippen MR) is 61.5 cm³/mol. The molecule has 1 unspecified atom stereocenters. The fourth-order valence-corrected chi connectivity index (χ4v) is 1.53. The Kier molecular flexibility index (Phi) is 4.43. The lowest BCUT2D eigenvalue weighted by molar-refractivity contribution is -0.136. The lowest BCUT2D eigenvalue weighted by atomic mass is 10.1. The van der Waals surface area contributed by atoms with Crippen LogP contribution in [0.3, 0.4) is 0 Å². The molecular formula is C12H13F3N2O. The van der Waals surface area contributed by atoms with E-state index in [1.54, 1.807) is 6.07 Å². The van der Waals surface area contributed by atoms with Crippen molar-refractivity contribution in [3.05, 3.63) is 23.8 Å². The van der Waals surface area contributed by atoms with E-state index in [-0.39, 0.29) is 5.56 Å². The molecule has 0 bridgehead atoms. The molecule has 0 aliphatic rings. The smallest absolute Gasteiger partial charge is 0.391 e. The molecule has 0 spiro atoms. The number of hydrogen-bond donors (Lipinski definition) is 1. The van der Waals surface area contributed by atoms with Gasteiger partial charge in [0.1, 0.15) is 11.8 Å². The number of methoxy groups -OCH3 is 1. The molecule has 0 aliphatic carbocycles. The fourth-order valence-electron chi connectivity index (χ4n) is 1.53. The summed E-state index contributed by atoms with van der Waals surface area (Å²) in [5, 5.41) is 11.5. The first-order valence-electron chi connectivity index (χ1n) is 5.27. The van der Waals surface area contributed by atoms with Gasteiger partial charge >= 0.3 is 6.18 Å². The summed E-state index contributed by atoms with van der Waals surface area (Å²) in [6.45, 7) is 1.41. The number of hydrogen-bond acceptors (Lipinski definition) is 3. The van der Waals surface area contributed by atoms with Crippen molar-refractivity contribution in [1.29, 1.82) is 5.26 Å². The third kappa shape index (κ3) is 4.17. The molecule has 1 aromatic carbocycles. The highest BCUT2D eigenvalue weighted by Gasteiger charge is 2.30. The summed E-state index contributed by atoms with van der Waals surface area (Å²) < 4.78 is 41.6. The first-order valence-corrected chi connectivity index (χ1v) is 5.27. The first-order chi connectivity index (χ1) is 8.35. The van der Waals surface area contributed by atoms with E-state index in [0.29, 0.717) is 11.4 Å². The number of halogens is 3. The predicted octanol–water partition coefficient (Wildman–Crippen LogP) is 3.32. The van der Waals surface area contributed by atoms with Crippen LogP contribution in [0.4, 0.5) is 18.9 Å². The van der Waals surface area contributed by atoms with Crippen molar-refractivity contribution in [2.45, 2.75) is 25.6 Å². The topological polar surface area (TPSA) is 45.0 Å². The van der Waals surface area contributed by atoms with Crippen LogP contribution in [-0.2, 0) is 0 Å². The van der Waals surface area contributed by atoms with Gasteiger partial charge in [-0.25, -0.2) is 0 Å². The highest BCUT2D eigenvalue weighted by atomic mass is 19.4. The molecule has 1 N–H and O–H groups in total. The van der Waals surface area contributed by atoms with Gasteiger partial charge in [-0.05, 0) is 19.1 Å². The molecule has 0 saturated heterocycles.